The van der Waals surface area contributed by atoms with E-state index >= 15 is 0 Å². The lowest BCUT2D eigenvalue weighted by molar-refractivity contribution is -0.120. The zero-order valence-electron chi connectivity index (χ0n) is 14.3. The fraction of sp³-hybridized carbons (Fsp3) is 0.444. The minimum absolute atomic E-state index is 0.0870. The summed E-state index contributed by atoms with van der Waals surface area (Å²) in [6.07, 6.45) is 0.960. The normalized spacial score (nSPS) is 14.8. The largest absolute Gasteiger partial charge is 0.492 e. The van der Waals surface area contributed by atoms with Gasteiger partial charge in [-0.1, -0.05) is 42.6 Å². The van der Waals surface area contributed by atoms with Crippen LogP contribution in [0.15, 0.2) is 23.3 Å². The van der Waals surface area contributed by atoms with Crippen molar-refractivity contribution in [2.24, 2.45) is 5.92 Å². The Labute approximate surface area is 152 Å². The molecule has 0 N–H and O–H groups in total. The molecule has 0 saturated carbocycles. The number of hydrogen-bond acceptors (Lipinski definition) is 3. The summed E-state index contributed by atoms with van der Waals surface area (Å²) in [5, 5.41) is 0.599. The highest BCUT2D eigenvalue weighted by atomic mass is 35.5. The Morgan fingerprint density at radius 3 is 2.42 bits per heavy atom. The third-order valence-electron chi connectivity index (χ3n) is 3.84. The Hall–Kier alpha value is -1.52. The average Bonchev–Trinajstić information content (AvgIpc) is 2.77. The predicted octanol–water partition coefficient (Wildman–Crippen LogP) is 5.02. The summed E-state index contributed by atoms with van der Waals surface area (Å²) < 4.78 is 5.70. The second kappa shape index (κ2) is 7.58. The molecular formula is C18H21Cl2NO3. The molecule has 0 spiro atoms. The van der Waals surface area contributed by atoms with Gasteiger partial charge < -0.3 is 4.74 Å². The Bertz CT molecular complexity index is 706. The molecule has 1 fully saturated rings. The van der Waals surface area contributed by atoms with Crippen LogP contribution in [-0.2, 0) is 9.59 Å². The Balaban J connectivity index is 2.35. The molecule has 130 valence electrons. The van der Waals surface area contributed by atoms with Crippen molar-refractivity contribution in [3.8, 4) is 5.75 Å². The molecule has 1 aliphatic heterocycles. The highest BCUT2D eigenvalue weighted by Gasteiger charge is 2.37. The third kappa shape index (κ3) is 3.93. The molecule has 1 aliphatic rings. The minimum Gasteiger partial charge on any atom is -0.492 e. The molecule has 0 unspecified atom stereocenters. The minimum atomic E-state index is -0.336. The van der Waals surface area contributed by atoms with Crippen molar-refractivity contribution in [2.45, 2.75) is 40.5 Å². The topological polar surface area (TPSA) is 46.6 Å². The maximum absolute atomic E-state index is 12.5. The molecule has 2 amide bonds. The van der Waals surface area contributed by atoms with Gasteiger partial charge in [-0.25, -0.2) is 4.90 Å². The molecule has 0 atom stereocenters. The van der Waals surface area contributed by atoms with Crippen molar-refractivity contribution in [2.75, 3.05) is 11.5 Å². The lowest BCUT2D eigenvalue weighted by atomic mass is 10.1. The van der Waals surface area contributed by atoms with Gasteiger partial charge in [0.05, 0.1) is 28.8 Å². The van der Waals surface area contributed by atoms with Crippen molar-refractivity contribution >= 4 is 40.7 Å². The van der Waals surface area contributed by atoms with E-state index < -0.39 is 0 Å². The first-order chi connectivity index (χ1) is 11.2. The molecule has 2 rings (SSSR count). The molecule has 0 bridgehead atoms. The number of allylic oxidation sites excluding steroid dienone is 1. The highest BCUT2D eigenvalue weighted by molar-refractivity contribution is 6.39. The van der Waals surface area contributed by atoms with Gasteiger partial charge in [-0.05, 0) is 32.3 Å². The number of anilines is 1. The third-order valence-corrected chi connectivity index (χ3v) is 4.44. The van der Waals surface area contributed by atoms with Crippen LogP contribution in [0.25, 0.3) is 0 Å². The van der Waals surface area contributed by atoms with Crippen molar-refractivity contribution in [1.29, 1.82) is 0 Å². The van der Waals surface area contributed by atoms with Crippen molar-refractivity contribution in [1.82, 2.24) is 0 Å². The summed E-state index contributed by atoms with van der Waals surface area (Å²) >= 11 is 12.4. The quantitative estimate of drug-likeness (QED) is 0.540. The summed E-state index contributed by atoms with van der Waals surface area (Å²) in [5.41, 5.74) is 1.65. The number of nitrogens with zero attached hydrogens (tertiary/aromatic N) is 1. The summed E-state index contributed by atoms with van der Waals surface area (Å²) in [6, 6.07) is 3.07. The number of benzene rings is 1. The molecule has 0 radical (unpaired) electrons. The average molecular weight is 370 g/mol. The van der Waals surface area contributed by atoms with Crippen LogP contribution < -0.4 is 9.64 Å². The van der Waals surface area contributed by atoms with Gasteiger partial charge in [-0.3, -0.25) is 9.59 Å². The number of carbonyl (C=O) groups excluding carboxylic acids is 2. The van der Waals surface area contributed by atoms with E-state index in [0.29, 0.717) is 34.6 Å². The van der Waals surface area contributed by atoms with Crippen LogP contribution in [0.4, 0.5) is 5.69 Å². The van der Waals surface area contributed by atoms with Crippen LogP contribution in [-0.4, -0.2) is 18.4 Å². The SMILES string of the molecule is CC(C)=C1CC(=O)N(c2cc(OCCC(C)C)c(Cl)cc2Cl)C1=O. The lowest BCUT2D eigenvalue weighted by Crippen LogP contribution is -2.29. The number of imide groups is 1. The molecule has 6 heteroatoms. The molecule has 1 aromatic carbocycles. The standard InChI is InChI=1S/C18H21Cl2NO3/c1-10(2)5-6-24-16-9-15(13(19)8-14(16)20)21-17(22)7-12(11(3)4)18(21)23/h8-10H,5-7H2,1-4H3. The summed E-state index contributed by atoms with van der Waals surface area (Å²) in [7, 11) is 0. The summed E-state index contributed by atoms with van der Waals surface area (Å²) in [5.74, 6) is 0.284. The van der Waals surface area contributed by atoms with Crippen LogP contribution >= 0.6 is 23.2 Å². The first-order valence-corrected chi connectivity index (χ1v) is 8.63. The van der Waals surface area contributed by atoms with E-state index in [9.17, 15) is 9.59 Å². The van der Waals surface area contributed by atoms with Gasteiger partial charge in [0, 0.05) is 11.6 Å². The van der Waals surface area contributed by atoms with E-state index in [1.54, 1.807) is 6.07 Å². The Morgan fingerprint density at radius 1 is 1.21 bits per heavy atom. The summed E-state index contributed by atoms with van der Waals surface area (Å²) in [6.45, 7) is 8.32. The molecular weight excluding hydrogens is 349 g/mol. The van der Waals surface area contributed by atoms with E-state index in [1.165, 1.54) is 6.07 Å². The van der Waals surface area contributed by atoms with Crippen LogP contribution in [0.3, 0.4) is 0 Å². The fourth-order valence-electron chi connectivity index (χ4n) is 2.39. The van der Waals surface area contributed by atoms with Gasteiger partial charge >= 0.3 is 0 Å². The van der Waals surface area contributed by atoms with Crippen molar-refractivity contribution < 1.29 is 14.3 Å². The maximum Gasteiger partial charge on any atom is 0.261 e. The highest BCUT2D eigenvalue weighted by Crippen LogP contribution is 2.39. The van der Waals surface area contributed by atoms with E-state index in [2.05, 4.69) is 13.8 Å². The van der Waals surface area contributed by atoms with E-state index in [4.69, 9.17) is 27.9 Å². The second-order valence-electron chi connectivity index (χ2n) is 6.45. The maximum atomic E-state index is 12.5. The first-order valence-electron chi connectivity index (χ1n) is 7.87. The van der Waals surface area contributed by atoms with Gasteiger partial charge in [0.25, 0.3) is 5.91 Å². The van der Waals surface area contributed by atoms with Crippen LogP contribution in [0.1, 0.15) is 40.5 Å². The van der Waals surface area contributed by atoms with Gasteiger partial charge in [0.15, 0.2) is 0 Å². The summed E-state index contributed by atoms with van der Waals surface area (Å²) in [4.78, 5) is 25.9. The first kappa shape index (κ1) is 18.8. The number of carbonyl (C=O) groups is 2. The second-order valence-corrected chi connectivity index (χ2v) is 7.27. The van der Waals surface area contributed by atoms with Crippen LogP contribution in [0.5, 0.6) is 5.75 Å². The van der Waals surface area contributed by atoms with Gasteiger partial charge in [-0.2, -0.15) is 0 Å². The van der Waals surface area contributed by atoms with E-state index in [1.807, 2.05) is 13.8 Å². The number of hydrogen-bond donors (Lipinski definition) is 0. The molecule has 1 aromatic rings. The van der Waals surface area contributed by atoms with E-state index in [0.717, 1.165) is 16.9 Å². The van der Waals surface area contributed by atoms with Crippen molar-refractivity contribution in [3.63, 3.8) is 0 Å². The molecule has 0 aromatic heterocycles. The number of rotatable bonds is 5. The van der Waals surface area contributed by atoms with Crippen LogP contribution in [0.2, 0.25) is 10.0 Å². The Kier molecular flexibility index (Phi) is 5.94. The van der Waals surface area contributed by atoms with E-state index in [-0.39, 0.29) is 23.3 Å². The number of halogens is 2. The number of amides is 2. The van der Waals surface area contributed by atoms with Gasteiger partial charge in [0.1, 0.15) is 5.75 Å². The fourth-order valence-corrected chi connectivity index (χ4v) is 2.92. The number of ether oxygens (including phenoxy) is 1. The zero-order chi connectivity index (χ0) is 18.0. The Morgan fingerprint density at radius 2 is 1.88 bits per heavy atom. The monoisotopic (exact) mass is 369 g/mol. The molecule has 4 nitrogen and oxygen atoms in total. The van der Waals surface area contributed by atoms with Crippen molar-refractivity contribution in [3.05, 3.63) is 33.3 Å². The predicted molar refractivity (Wildman–Crippen MR) is 96.9 cm³/mol. The molecule has 24 heavy (non-hydrogen) atoms. The van der Waals surface area contributed by atoms with Gasteiger partial charge in [0.2, 0.25) is 5.91 Å². The molecule has 1 heterocycles. The molecule has 1 saturated heterocycles. The smallest absolute Gasteiger partial charge is 0.261 e. The zero-order valence-corrected chi connectivity index (χ0v) is 15.8. The molecule has 0 aliphatic carbocycles. The van der Waals surface area contributed by atoms with Crippen LogP contribution in [0, 0.1) is 5.92 Å². The van der Waals surface area contributed by atoms with Gasteiger partial charge in [-0.15, -0.1) is 0 Å². The lowest BCUT2D eigenvalue weighted by Gasteiger charge is -2.18.